The fourth-order valence-corrected chi connectivity index (χ4v) is 1.85. The van der Waals surface area contributed by atoms with Crippen LogP contribution in [0.2, 0.25) is 0 Å². The summed E-state index contributed by atoms with van der Waals surface area (Å²) >= 11 is 0. The summed E-state index contributed by atoms with van der Waals surface area (Å²) < 4.78 is 0. The number of rotatable bonds is 7. The average Bonchev–Trinajstić information content (AvgIpc) is 2.15. The molecule has 0 fully saturated rings. The van der Waals surface area contributed by atoms with Gasteiger partial charge < -0.3 is 10.4 Å². The zero-order valence-corrected chi connectivity index (χ0v) is 12.1. The van der Waals surface area contributed by atoms with Gasteiger partial charge in [0, 0.05) is 6.54 Å². The first-order valence-electron chi connectivity index (χ1n) is 6.54. The predicted molar refractivity (Wildman–Crippen MR) is 71.6 cm³/mol. The fourth-order valence-electron chi connectivity index (χ4n) is 1.85. The molecule has 0 heterocycles. The molecule has 0 amide bonds. The van der Waals surface area contributed by atoms with Crippen LogP contribution in [0, 0.1) is 16.7 Å². The van der Waals surface area contributed by atoms with Crippen LogP contribution in [0.1, 0.15) is 54.4 Å². The van der Waals surface area contributed by atoms with E-state index in [0.717, 1.165) is 6.54 Å². The summed E-state index contributed by atoms with van der Waals surface area (Å²) in [4.78, 5) is 0. The third-order valence-corrected chi connectivity index (χ3v) is 3.66. The Morgan fingerprint density at radius 1 is 1.12 bits per heavy atom. The zero-order chi connectivity index (χ0) is 12.8. The maximum atomic E-state index is 8.80. The van der Waals surface area contributed by atoms with Crippen molar-refractivity contribution < 1.29 is 5.11 Å². The van der Waals surface area contributed by atoms with Crippen LogP contribution in [0.4, 0.5) is 0 Å². The lowest BCUT2D eigenvalue weighted by atomic mass is 9.70. The summed E-state index contributed by atoms with van der Waals surface area (Å²) in [6, 6.07) is 0. The van der Waals surface area contributed by atoms with E-state index in [2.05, 4.69) is 46.9 Å². The van der Waals surface area contributed by atoms with Crippen molar-refractivity contribution in [3.05, 3.63) is 0 Å². The minimum atomic E-state index is 0.230. The molecule has 0 saturated carbocycles. The number of hydrogen-bond acceptors (Lipinski definition) is 2. The molecule has 0 aromatic carbocycles. The minimum absolute atomic E-state index is 0.230. The van der Waals surface area contributed by atoms with Crippen molar-refractivity contribution in [3.8, 4) is 0 Å². The van der Waals surface area contributed by atoms with Gasteiger partial charge in [-0.1, -0.05) is 48.0 Å². The normalized spacial score (nSPS) is 15.2. The first-order valence-corrected chi connectivity index (χ1v) is 6.54. The highest BCUT2D eigenvalue weighted by molar-refractivity contribution is 4.81. The highest BCUT2D eigenvalue weighted by Crippen LogP contribution is 2.37. The van der Waals surface area contributed by atoms with Gasteiger partial charge in [0.1, 0.15) is 0 Å². The summed E-state index contributed by atoms with van der Waals surface area (Å²) in [6.07, 6.45) is 2.46. The van der Waals surface area contributed by atoms with E-state index in [1.165, 1.54) is 12.8 Å². The Hall–Kier alpha value is -0.0800. The van der Waals surface area contributed by atoms with Crippen LogP contribution in [-0.4, -0.2) is 24.8 Å². The monoisotopic (exact) mass is 229 g/mol. The molecule has 0 aliphatic heterocycles. The van der Waals surface area contributed by atoms with Crippen LogP contribution in [0.3, 0.4) is 0 Å². The maximum Gasteiger partial charge on any atom is 0.0555 e. The number of hydrogen-bond donors (Lipinski definition) is 2. The fraction of sp³-hybridized carbons (Fsp3) is 1.00. The molecular weight excluding hydrogens is 198 g/mol. The second-order valence-electron chi connectivity index (χ2n) is 6.71. The Morgan fingerprint density at radius 3 is 2.06 bits per heavy atom. The largest absolute Gasteiger partial charge is 0.395 e. The molecule has 98 valence electrons. The highest BCUT2D eigenvalue weighted by Gasteiger charge is 2.29. The molecule has 0 aliphatic carbocycles. The number of aliphatic hydroxyl groups is 1. The van der Waals surface area contributed by atoms with E-state index in [4.69, 9.17) is 5.11 Å². The predicted octanol–water partition coefficient (Wildman–Crippen LogP) is 3.06. The van der Waals surface area contributed by atoms with Gasteiger partial charge in [-0.25, -0.2) is 0 Å². The van der Waals surface area contributed by atoms with E-state index in [0.29, 0.717) is 23.3 Å². The van der Waals surface area contributed by atoms with Crippen LogP contribution in [0.25, 0.3) is 0 Å². The molecule has 0 radical (unpaired) electrons. The minimum Gasteiger partial charge on any atom is -0.395 e. The standard InChI is InChI=1S/C14H31NO/c1-7-14(5,6)10-12(13(2,3)4)11-15-8-9-16/h12,15-16H,7-11H2,1-6H3. The molecule has 0 aliphatic rings. The third-order valence-electron chi connectivity index (χ3n) is 3.66. The summed E-state index contributed by atoms with van der Waals surface area (Å²) in [5.41, 5.74) is 0.744. The molecule has 1 atom stereocenters. The highest BCUT2D eigenvalue weighted by atomic mass is 16.3. The average molecular weight is 229 g/mol. The van der Waals surface area contributed by atoms with Crippen LogP contribution in [0.5, 0.6) is 0 Å². The quantitative estimate of drug-likeness (QED) is 0.658. The van der Waals surface area contributed by atoms with Crippen LogP contribution in [0.15, 0.2) is 0 Å². The van der Waals surface area contributed by atoms with Gasteiger partial charge >= 0.3 is 0 Å². The molecule has 0 rings (SSSR count). The topological polar surface area (TPSA) is 32.3 Å². The molecule has 0 aromatic rings. The Labute approximate surface area is 102 Å². The Balaban J connectivity index is 4.33. The molecule has 2 heteroatoms. The van der Waals surface area contributed by atoms with Crippen molar-refractivity contribution in [2.45, 2.75) is 54.4 Å². The van der Waals surface area contributed by atoms with E-state index < -0.39 is 0 Å². The van der Waals surface area contributed by atoms with E-state index in [-0.39, 0.29) is 6.61 Å². The smallest absolute Gasteiger partial charge is 0.0555 e. The Kier molecular flexibility index (Phi) is 6.57. The molecular formula is C14H31NO. The molecule has 1 unspecified atom stereocenters. The van der Waals surface area contributed by atoms with Crippen LogP contribution in [-0.2, 0) is 0 Å². The van der Waals surface area contributed by atoms with Gasteiger partial charge in [0.05, 0.1) is 6.61 Å². The number of nitrogens with one attached hydrogen (secondary N) is 1. The van der Waals surface area contributed by atoms with Gasteiger partial charge in [0.25, 0.3) is 0 Å². The lowest BCUT2D eigenvalue weighted by Crippen LogP contribution is -2.36. The molecule has 2 nitrogen and oxygen atoms in total. The molecule has 0 bridgehead atoms. The second kappa shape index (κ2) is 6.61. The summed E-state index contributed by atoms with van der Waals surface area (Å²) in [5, 5.41) is 12.1. The van der Waals surface area contributed by atoms with Crippen LogP contribution < -0.4 is 5.32 Å². The maximum absolute atomic E-state index is 8.80. The van der Waals surface area contributed by atoms with Gasteiger partial charge in [-0.3, -0.25) is 0 Å². The molecule has 2 N–H and O–H groups in total. The Morgan fingerprint density at radius 2 is 1.69 bits per heavy atom. The van der Waals surface area contributed by atoms with Gasteiger partial charge in [0.15, 0.2) is 0 Å². The van der Waals surface area contributed by atoms with Gasteiger partial charge in [0.2, 0.25) is 0 Å². The van der Waals surface area contributed by atoms with Crippen molar-refractivity contribution in [3.63, 3.8) is 0 Å². The van der Waals surface area contributed by atoms with E-state index >= 15 is 0 Å². The molecule has 16 heavy (non-hydrogen) atoms. The first kappa shape index (κ1) is 15.9. The van der Waals surface area contributed by atoms with Crippen molar-refractivity contribution in [2.24, 2.45) is 16.7 Å². The van der Waals surface area contributed by atoms with Crippen molar-refractivity contribution >= 4 is 0 Å². The SMILES string of the molecule is CCC(C)(C)CC(CNCCO)C(C)(C)C. The molecule has 0 spiro atoms. The lowest BCUT2D eigenvalue weighted by molar-refractivity contribution is 0.146. The summed E-state index contributed by atoms with van der Waals surface area (Å²) in [6.45, 7) is 15.8. The van der Waals surface area contributed by atoms with Gasteiger partial charge in [-0.2, -0.15) is 0 Å². The molecule has 0 aromatic heterocycles. The number of aliphatic hydroxyl groups excluding tert-OH is 1. The van der Waals surface area contributed by atoms with E-state index in [1.54, 1.807) is 0 Å². The lowest BCUT2D eigenvalue weighted by Gasteiger charge is -2.37. The van der Waals surface area contributed by atoms with Crippen molar-refractivity contribution in [2.75, 3.05) is 19.7 Å². The first-order chi connectivity index (χ1) is 7.23. The third kappa shape index (κ3) is 6.49. The molecule has 0 saturated heterocycles. The van der Waals surface area contributed by atoms with Crippen LogP contribution >= 0.6 is 0 Å². The van der Waals surface area contributed by atoms with Gasteiger partial charge in [-0.15, -0.1) is 0 Å². The summed E-state index contributed by atoms with van der Waals surface area (Å²) in [5.74, 6) is 0.661. The Bertz CT molecular complexity index is 182. The van der Waals surface area contributed by atoms with Crippen molar-refractivity contribution in [1.29, 1.82) is 0 Å². The second-order valence-corrected chi connectivity index (χ2v) is 6.71. The van der Waals surface area contributed by atoms with E-state index in [9.17, 15) is 0 Å². The summed E-state index contributed by atoms with van der Waals surface area (Å²) in [7, 11) is 0. The van der Waals surface area contributed by atoms with E-state index in [1.807, 2.05) is 0 Å². The van der Waals surface area contributed by atoms with Gasteiger partial charge in [-0.05, 0) is 29.7 Å². The van der Waals surface area contributed by atoms with Crippen molar-refractivity contribution in [1.82, 2.24) is 5.32 Å². The zero-order valence-electron chi connectivity index (χ0n) is 12.1.